The number of pyridine rings is 1. The molecular weight excluding hydrogens is 254 g/mol. The fourth-order valence-electron chi connectivity index (χ4n) is 2.95. The van der Waals surface area contributed by atoms with Gasteiger partial charge in [-0.2, -0.15) is 0 Å². The van der Waals surface area contributed by atoms with Gasteiger partial charge in [0.05, 0.1) is 5.69 Å². The zero-order valence-corrected chi connectivity index (χ0v) is 12.7. The van der Waals surface area contributed by atoms with Gasteiger partial charge >= 0.3 is 0 Å². The first-order valence-electron chi connectivity index (χ1n) is 7.11. The van der Waals surface area contributed by atoms with Gasteiger partial charge in [-0.15, -0.1) is 0 Å². The van der Waals surface area contributed by atoms with E-state index < -0.39 is 0 Å². The fraction of sp³-hybridized carbons (Fsp3) is 0.600. The van der Waals surface area contributed by atoms with Crippen molar-refractivity contribution in [3.63, 3.8) is 0 Å². The number of nitrogens with two attached hydrogens (primary N) is 1. The van der Waals surface area contributed by atoms with Gasteiger partial charge < -0.3 is 10.6 Å². The molecule has 4 heteroatoms. The summed E-state index contributed by atoms with van der Waals surface area (Å²) < 4.78 is 0. The number of hydrogen-bond donors (Lipinski definition) is 1. The molecule has 1 aliphatic rings. The van der Waals surface area contributed by atoms with Crippen molar-refractivity contribution < 1.29 is 0 Å². The monoisotopic (exact) mass is 277 g/mol. The molecule has 1 fully saturated rings. The van der Waals surface area contributed by atoms with E-state index in [-0.39, 0.29) is 0 Å². The molecule has 1 saturated heterocycles. The number of hydrogen-bond acceptors (Lipinski definition) is 3. The van der Waals surface area contributed by atoms with E-state index in [4.69, 9.17) is 18.0 Å². The van der Waals surface area contributed by atoms with Crippen molar-refractivity contribution in [1.82, 2.24) is 4.98 Å². The maximum absolute atomic E-state index is 5.65. The molecule has 2 rings (SSSR count). The molecule has 0 bridgehead atoms. The highest BCUT2D eigenvalue weighted by atomic mass is 32.1. The van der Waals surface area contributed by atoms with Gasteiger partial charge in [-0.1, -0.05) is 38.9 Å². The first-order chi connectivity index (χ1) is 9.10. The number of piperidine rings is 1. The molecule has 2 heterocycles. The van der Waals surface area contributed by atoms with Crippen LogP contribution in [0.4, 0.5) is 5.69 Å². The lowest BCUT2D eigenvalue weighted by molar-refractivity contribution is 0.199. The molecule has 0 spiro atoms. The summed E-state index contributed by atoms with van der Waals surface area (Å²) in [6, 6.07) is 4.06. The average molecular weight is 277 g/mol. The Morgan fingerprint density at radius 2 is 2.00 bits per heavy atom. The standard InChI is InChI=1S/C15H23N3S/c1-3-15(4-2)6-9-18(10-7-15)12-5-8-17-13(11-12)14(16)19/h5,8,11H,3-4,6-7,9-10H2,1-2H3,(H2,16,19). The van der Waals surface area contributed by atoms with Crippen molar-refractivity contribution in [3.8, 4) is 0 Å². The second-order valence-corrected chi connectivity index (χ2v) is 5.90. The molecule has 2 N–H and O–H groups in total. The molecule has 0 amide bonds. The normalized spacial score (nSPS) is 18.3. The Kier molecular flexibility index (Phi) is 4.40. The molecule has 0 atom stereocenters. The maximum atomic E-state index is 5.65. The molecule has 1 aromatic heterocycles. The Balaban J connectivity index is 2.09. The molecule has 0 aromatic carbocycles. The summed E-state index contributed by atoms with van der Waals surface area (Å²) in [4.78, 5) is 7.00. The summed E-state index contributed by atoms with van der Waals surface area (Å²) in [7, 11) is 0. The van der Waals surface area contributed by atoms with Gasteiger partial charge in [0.1, 0.15) is 4.99 Å². The minimum absolute atomic E-state index is 0.371. The second-order valence-electron chi connectivity index (χ2n) is 5.46. The van der Waals surface area contributed by atoms with Gasteiger partial charge in [0.2, 0.25) is 0 Å². The van der Waals surface area contributed by atoms with Gasteiger partial charge in [0.15, 0.2) is 0 Å². The Bertz CT molecular complexity index is 444. The lowest BCUT2D eigenvalue weighted by atomic mass is 9.74. The highest BCUT2D eigenvalue weighted by molar-refractivity contribution is 7.80. The van der Waals surface area contributed by atoms with E-state index in [1.807, 2.05) is 12.1 Å². The number of aromatic nitrogens is 1. The lowest BCUT2D eigenvalue weighted by Gasteiger charge is -2.42. The molecule has 19 heavy (non-hydrogen) atoms. The summed E-state index contributed by atoms with van der Waals surface area (Å²) in [6.45, 7) is 6.86. The average Bonchev–Trinajstić information content (AvgIpc) is 2.47. The summed E-state index contributed by atoms with van der Waals surface area (Å²) in [5.74, 6) is 0. The molecule has 0 saturated carbocycles. The Hall–Kier alpha value is -1.16. The largest absolute Gasteiger partial charge is 0.388 e. The third kappa shape index (κ3) is 3.06. The zero-order chi connectivity index (χ0) is 13.9. The maximum Gasteiger partial charge on any atom is 0.122 e. The van der Waals surface area contributed by atoms with Crippen LogP contribution in [-0.2, 0) is 0 Å². The molecule has 1 aliphatic heterocycles. The van der Waals surface area contributed by atoms with E-state index in [2.05, 4.69) is 23.7 Å². The molecule has 104 valence electrons. The van der Waals surface area contributed by atoms with Crippen LogP contribution in [0.2, 0.25) is 0 Å². The zero-order valence-electron chi connectivity index (χ0n) is 11.9. The third-order valence-corrected chi connectivity index (χ3v) is 4.89. The summed E-state index contributed by atoms with van der Waals surface area (Å²) >= 11 is 4.99. The van der Waals surface area contributed by atoms with Crippen molar-refractivity contribution in [3.05, 3.63) is 24.0 Å². The molecule has 0 unspecified atom stereocenters. The van der Waals surface area contributed by atoms with Crippen molar-refractivity contribution in [2.75, 3.05) is 18.0 Å². The van der Waals surface area contributed by atoms with E-state index in [0.29, 0.717) is 10.4 Å². The van der Waals surface area contributed by atoms with Crippen molar-refractivity contribution in [2.24, 2.45) is 11.1 Å². The van der Waals surface area contributed by atoms with E-state index in [1.165, 1.54) is 31.4 Å². The van der Waals surface area contributed by atoms with E-state index in [0.717, 1.165) is 18.8 Å². The van der Waals surface area contributed by atoms with Gasteiger partial charge in [-0.05, 0) is 30.4 Å². The van der Waals surface area contributed by atoms with Crippen LogP contribution in [0.15, 0.2) is 18.3 Å². The van der Waals surface area contributed by atoms with Crippen LogP contribution in [0.5, 0.6) is 0 Å². The Morgan fingerprint density at radius 1 is 1.37 bits per heavy atom. The quantitative estimate of drug-likeness (QED) is 0.859. The second kappa shape index (κ2) is 5.87. The minimum atomic E-state index is 0.371. The minimum Gasteiger partial charge on any atom is -0.388 e. The van der Waals surface area contributed by atoms with E-state index in [9.17, 15) is 0 Å². The number of thiocarbonyl (C=S) groups is 1. The fourth-order valence-corrected chi connectivity index (χ4v) is 3.06. The number of rotatable bonds is 4. The Morgan fingerprint density at radius 3 is 2.53 bits per heavy atom. The third-order valence-electron chi connectivity index (χ3n) is 4.69. The number of anilines is 1. The van der Waals surface area contributed by atoms with E-state index in [1.54, 1.807) is 6.20 Å². The van der Waals surface area contributed by atoms with Crippen molar-refractivity contribution in [2.45, 2.75) is 39.5 Å². The van der Waals surface area contributed by atoms with Gasteiger partial charge in [0.25, 0.3) is 0 Å². The first kappa shape index (κ1) is 14.3. The summed E-state index contributed by atoms with van der Waals surface area (Å²) in [5.41, 5.74) is 8.11. The first-order valence-corrected chi connectivity index (χ1v) is 7.52. The predicted molar refractivity (Wildman–Crippen MR) is 84.6 cm³/mol. The van der Waals surface area contributed by atoms with Crippen LogP contribution in [-0.4, -0.2) is 23.1 Å². The highest BCUT2D eigenvalue weighted by Crippen LogP contribution is 2.39. The van der Waals surface area contributed by atoms with Gasteiger partial charge in [0, 0.05) is 25.0 Å². The molecule has 0 aliphatic carbocycles. The lowest BCUT2D eigenvalue weighted by Crippen LogP contribution is -2.39. The van der Waals surface area contributed by atoms with Crippen LogP contribution < -0.4 is 10.6 Å². The van der Waals surface area contributed by atoms with Crippen LogP contribution in [0.3, 0.4) is 0 Å². The molecule has 1 aromatic rings. The van der Waals surface area contributed by atoms with Crippen LogP contribution in [0.1, 0.15) is 45.2 Å². The molecular formula is C15H23N3S. The Labute approximate surface area is 121 Å². The van der Waals surface area contributed by atoms with Crippen molar-refractivity contribution >= 4 is 22.9 Å². The van der Waals surface area contributed by atoms with E-state index >= 15 is 0 Å². The topological polar surface area (TPSA) is 42.2 Å². The van der Waals surface area contributed by atoms with Crippen LogP contribution in [0.25, 0.3) is 0 Å². The number of nitrogens with zero attached hydrogens (tertiary/aromatic N) is 2. The molecule has 0 radical (unpaired) electrons. The van der Waals surface area contributed by atoms with Crippen LogP contribution in [0, 0.1) is 5.41 Å². The SMILES string of the molecule is CCC1(CC)CCN(c2ccnc(C(N)=S)c2)CC1. The van der Waals surface area contributed by atoms with Gasteiger partial charge in [-0.25, -0.2) is 0 Å². The highest BCUT2D eigenvalue weighted by Gasteiger charge is 2.31. The van der Waals surface area contributed by atoms with Crippen molar-refractivity contribution in [1.29, 1.82) is 0 Å². The summed E-state index contributed by atoms with van der Waals surface area (Å²) in [5, 5.41) is 0. The predicted octanol–water partition coefficient (Wildman–Crippen LogP) is 3.12. The van der Waals surface area contributed by atoms with Crippen LogP contribution >= 0.6 is 12.2 Å². The smallest absolute Gasteiger partial charge is 0.122 e. The van der Waals surface area contributed by atoms with Gasteiger partial charge in [-0.3, -0.25) is 4.98 Å². The molecule has 3 nitrogen and oxygen atoms in total. The summed E-state index contributed by atoms with van der Waals surface area (Å²) in [6.07, 6.45) is 6.90.